The summed E-state index contributed by atoms with van der Waals surface area (Å²) in [5.41, 5.74) is 5.29. The van der Waals surface area contributed by atoms with Gasteiger partial charge in [0.1, 0.15) is 11.8 Å². The number of ether oxygens (including phenoxy) is 1. The van der Waals surface area contributed by atoms with Crippen molar-refractivity contribution in [1.29, 1.82) is 5.41 Å². The van der Waals surface area contributed by atoms with Crippen molar-refractivity contribution >= 4 is 11.8 Å². The van der Waals surface area contributed by atoms with Crippen LogP contribution in [0.2, 0.25) is 0 Å². The maximum atomic E-state index is 11.2. The molecular weight excluding hydrogens is 156 g/mol. The largest absolute Gasteiger partial charge is 0.465 e. The lowest BCUT2D eigenvalue weighted by atomic mass is 10.0. The molecule has 1 rings (SSSR count). The highest BCUT2D eigenvalue weighted by Crippen LogP contribution is 2.37. The molecule has 0 aromatic heterocycles. The van der Waals surface area contributed by atoms with Crippen LogP contribution in [0, 0.1) is 17.2 Å². The summed E-state index contributed by atoms with van der Waals surface area (Å²) in [6.45, 7) is 2.11. The van der Waals surface area contributed by atoms with Crippen LogP contribution in [0.3, 0.4) is 0 Å². The molecule has 0 aliphatic heterocycles. The Kier molecular flexibility index (Phi) is 2.68. The molecule has 0 heterocycles. The minimum Gasteiger partial charge on any atom is -0.465 e. The van der Waals surface area contributed by atoms with E-state index in [9.17, 15) is 4.79 Å². The molecule has 1 aliphatic carbocycles. The van der Waals surface area contributed by atoms with Crippen LogP contribution in [0.25, 0.3) is 0 Å². The van der Waals surface area contributed by atoms with E-state index in [1.807, 2.05) is 0 Å². The van der Waals surface area contributed by atoms with E-state index in [2.05, 4.69) is 0 Å². The lowest BCUT2D eigenvalue weighted by molar-refractivity contribution is -0.146. The molecule has 0 aromatic rings. The van der Waals surface area contributed by atoms with Crippen LogP contribution >= 0.6 is 0 Å². The molecule has 12 heavy (non-hydrogen) atoms. The van der Waals surface area contributed by atoms with E-state index in [1.165, 1.54) is 0 Å². The third-order valence-electron chi connectivity index (χ3n) is 1.97. The maximum Gasteiger partial charge on any atom is 0.316 e. The third-order valence-corrected chi connectivity index (χ3v) is 1.97. The van der Waals surface area contributed by atoms with Gasteiger partial charge in [0.15, 0.2) is 0 Å². The van der Waals surface area contributed by atoms with Crippen LogP contribution in [0.15, 0.2) is 0 Å². The monoisotopic (exact) mass is 170 g/mol. The number of rotatable bonds is 4. The van der Waals surface area contributed by atoms with Gasteiger partial charge in [0.05, 0.1) is 6.61 Å². The number of hydrogen-bond acceptors (Lipinski definition) is 3. The van der Waals surface area contributed by atoms with Crippen LogP contribution in [0.5, 0.6) is 0 Å². The van der Waals surface area contributed by atoms with Crippen molar-refractivity contribution in [2.45, 2.75) is 19.8 Å². The van der Waals surface area contributed by atoms with E-state index in [-0.39, 0.29) is 17.7 Å². The van der Waals surface area contributed by atoms with Crippen LogP contribution in [-0.4, -0.2) is 18.4 Å². The van der Waals surface area contributed by atoms with Crippen molar-refractivity contribution in [1.82, 2.24) is 0 Å². The molecule has 1 unspecified atom stereocenters. The van der Waals surface area contributed by atoms with Gasteiger partial charge < -0.3 is 10.5 Å². The van der Waals surface area contributed by atoms with Gasteiger partial charge in [0, 0.05) is 0 Å². The summed E-state index contributed by atoms with van der Waals surface area (Å²) >= 11 is 0. The zero-order valence-corrected chi connectivity index (χ0v) is 7.17. The summed E-state index contributed by atoms with van der Waals surface area (Å²) < 4.78 is 4.81. The average Bonchev–Trinajstić information content (AvgIpc) is 2.71. The topological polar surface area (TPSA) is 76.2 Å². The number of carbonyl (C=O) groups excluding carboxylic acids is 1. The lowest BCUT2D eigenvalue weighted by Crippen LogP contribution is -2.32. The van der Waals surface area contributed by atoms with Crippen LogP contribution in [-0.2, 0) is 9.53 Å². The second kappa shape index (κ2) is 3.56. The Balaban J connectivity index is 2.52. The van der Waals surface area contributed by atoms with Gasteiger partial charge >= 0.3 is 5.97 Å². The molecule has 0 amide bonds. The van der Waals surface area contributed by atoms with Gasteiger partial charge in [-0.15, -0.1) is 0 Å². The van der Waals surface area contributed by atoms with Gasteiger partial charge in [-0.2, -0.15) is 0 Å². The maximum absolute atomic E-state index is 11.2. The molecule has 0 saturated heterocycles. The van der Waals surface area contributed by atoms with E-state index in [4.69, 9.17) is 15.9 Å². The molecule has 0 radical (unpaired) electrons. The first-order chi connectivity index (χ1) is 5.66. The van der Waals surface area contributed by atoms with Gasteiger partial charge in [0.2, 0.25) is 0 Å². The van der Waals surface area contributed by atoms with E-state index in [0.29, 0.717) is 6.61 Å². The molecule has 1 fully saturated rings. The zero-order chi connectivity index (χ0) is 9.14. The predicted molar refractivity (Wildman–Crippen MR) is 44.8 cm³/mol. The first kappa shape index (κ1) is 9.03. The molecule has 1 atom stereocenters. The summed E-state index contributed by atoms with van der Waals surface area (Å²) in [6, 6.07) is 0. The summed E-state index contributed by atoms with van der Waals surface area (Å²) in [7, 11) is 0. The van der Waals surface area contributed by atoms with Crippen molar-refractivity contribution in [2.75, 3.05) is 6.61 Å². The lowest BCUT2D eigenvalue weighted by Gasteiger charge is -2.12. The number of hydrogen-bond donors (Lipinski definition) is 2. The van der Waals surface area contributed by atoms with Gasteiger partial charge in [-0.25, -0.2) is 0 Å². The Morgan fingerprint density at radius 2 is 2.33 bits per heavy atom. The SMILES string of the molecule is CCOC(=O)C(C(=N)N)C1CC1. The van der Waals surface area contributed by atoms with Crippen molar-refractivity contribution in [3.8, 4) is 0 Å². The highest BCUT2D eigenvalue weighted by molar-refractivity contribution is 5.99. The highest BCUT2D eigenvalue weighted by atomic mass is 16.5. The smallest absolute Gasteiger partial charge is 0.316 e. The first-order valence-corrected chi connectivity index (χ1v) is 4.17. The number of esters is 1. The Bertz CT molecular complexity index is 199. The Morgan fingerprint density at radius 3 is 2.67 bits per heavy atom. The fourth-order valence-electron chi connectivity index (χ4n) is 1.23. The minimum absolute atomic E-state index is 0.0593. The summed E-state index contributed by atoms with van der Waals surface area (Å²) in [5.74, 6) is -0.616. The fourth-order valence-corrected chi connectivity index (χ4v) is 1.23. The van der Waals surface area contributed by atoms with Crippen molar-refractivity contribution in [3.63, 3.8) is 0 Å². The molecule has 3 N–H and O–H groups in total. The predicted octanol–water partition coefficient (Wildman–Crippen LogP) is 0.512. The summed E-state index contributed by atoms with van der Waals surface area (Å²) in [4.78, 5) is 11.2. The van der Waals surface area contributed by atoms with Crippen molar-refractivity contribution in [2.24, 2.45) is 17.6 Å². The van der Waals surface area contributed by atoms with Gasteiger partial charge in [-0.05, 0) is 25.7 Å². The summed E-state index contributed by atoms with van der Waals surface area (Å²) in [6.07, 6.45) is 1.98. The molecule has 1 saturated carbocycles. The average molecular weight is 170 g/mol. The van der Waals surface area contributed by atoms with Crippen molar-refractivity contribution < 1.29 is 9.53 Å². The van der Waals surface area contributed by atoms with Gasteiger partial charge in [-0.3, -0.25) is 10.2 Å². The Hall–Kier alpha value is -1.06. The highest BCUT2D eigenvalue weighted by Gasteiger charge is 2.39. The fraction of sp³-hybridized carbons (Fsp3) is 0.750. The van der Waals surface area contributed by atoms with Crippen molar-refractivity contribution in [3.05, 3.63) is 0 Å². The third kappa shape index (κ3) is 1.96. The molecule has 4 nitrogen and oxygen atoms in total. The van der Waals surface area contributed by atoms with Gasteiger partial charge in [0.25, 0.3) is 0 Å². The second-order valence-corrected chi connectivity index (χ2v) is 3.02. The minimum atomic E-state index is -0.482. The first-order valence-electron chi connectivity index (χ1n) is 4.17. The van der Waals surface area contributed by atoms with Crippen LogP contribution in [0.4, 0.5) is 0 Å². The van der Waals surface area contributed by atoms with E-state index >= 15 is 0 Å². The molecule has 0 bridgehead atoms. The standard InChI is InChI=1S/C8H14N2O2/c1-2-12-8(11)6(7(9)10)5-3-4-5/h5-6H,2-4H2,1H3,(H3,9,10). The Labute approximate surface area is 71.6 Å². The summed E-state index contributed by atoms with van der Waals surface area (Å²) in [5, 5.41) is 7.21. The molecule has 0 spiro atoms. The zero-order valence-electron chi connectivity index (χ0n) is 7.17. The molecule has 68 valence electrons. The number of nitrogens with one attached hydrogen (secondary N) is 1. The molecule has 0 aromatic carbocycles. The Morgan fingerprint density at radius 1 is 1.75 bits per heavy atom. The number of amidine groups is 1. The van der Waals surface area contributed by atoms with E-state index < -0.39 is 5.92 Å². The van der Waals surface area contributed by atoms with Crippen LogP contribution in [0.1, 0.15) is 19.8 Å². The van der Waals surface area contributed by atoms with Gasteiger partial charge in [-0.1, -0.05) is 0 Å². The molecule has 1 aliphatic rings. The normalized spacial score (nSPS) is 18.4. The number of nitrogens with two attached hydrogens (primary N) is 1. The molecular formula is C8H14N2O2. The molecule has 4 heteroatoms. The van der Waals surface area contributed by atoms with E-state index in [1.54, 1.807) is 6.92 Å². The number of carbonyl (C=O) groups is 1. The van der Waals surface area contributed by atoms with Crippen LogP contribution < -0.4 is 5.73 Å². The second-order valence-electron chi connectivity index (χ2n) is 3.02. The quantitative estimate of drug-likeness (QED) is 0.366. The van der Waals surface area contributed by atoms with E-state index in [0.717, 1.165) is 12.8 Å².